The fraction of sp³-hybridized carbons (Fsp3) is 0.500. The molecule has 2 heterocycles. The number of pyridine rings is 1. The summed E-state index contributed by atoms with van der Waals surface area (Å²) in [7, 11) is 0. The van der Waals surface area contributed by atoms with E-state index in [1.54, 1.807) is 0 Å². The standard InChI is InChI=1S/C16H20ClN3/c1-16(2,3)14-8-11(10-17)9-15(18-14)20-7-6-13(19-20)12-4-5-12/h6-9,12H,4-5,10H2,1-3H3. The fourth-order valence-electron chi connectivity index (χ4n) is 2.21. The van der Waals surface area contributed by atoms with Gasteiger partial charge in [0.1, 0.15) is 0 Å². The first-order valence-electron chi connectivity index (χ1n) is 7.11. The Bertz CT molecular complexity index is 621. The van der Waals surface area contributed by atoms with E-state index < -0.39 is 0 Å². The van der Waals surface area contributed by atoms with Gasteiger partial charge in [0.25, 0.3) is 0 Å². The van der Waals surface area contributed by atoms with Crippen molar-refractivity contribution in [2.45, 2.75) is 50.8 Å². The molecule has 0 spiro atoms. The van der Waals surface area contributed by atoms with Crippen LogP contribution in [0.3, 0.4) is 0 Å². The molecule has 106 valence electrons. The van der Waals surface area contributed by atoms with Crippen LogP contribution in [0, 0.1) is 0 Å². The highest BCUT2D eigenvalue weighted by Crippen LogP contribution is 2.39. The van der Waals surface area contributed by atoms with Crippen LogP contribution in [0.25, 0.3) is 5.82 Å². The second kappa shape index (κ2) is 4.88. The Balaban J connectivity index is 2.02. The van der Waals surface area contributed by atoms with E-state index in [1.807, 2.05) is 16.9 Å². The summed E-state index contributed by atoms with van der Waals surface area (Å²) in [4.78, 5) is 4.76. The number of hydrogen-bond donors (Lipinski definition) is 0. The Kier molecular flexibility index (Phi) is 3.33. The summed E-state index contributed by atoms with van der Waals surface area (Å²) < 4.78 is 1.87. The second-order valence-corrected chi connectivity index (χ2v) is 6.83. The summed E-state index contributed by atoms with van der Waals surface area (Å²) >= 11 is 6.02. The zero-order valence-corrected chi connectivity index (χ0v) is 13.0. The van der Waals surface area contributed by atoms with Gasteiger partial charge in [-0.25, -0.2) is 9.67 Å². The van der Waals surface area contributed by atoms with Crippen molar-refractivity contribution in [2.24, 2.45) is 0 Å². The van der Waals surface area contributed by atoms with Crippen molar-refractivity contribution < 1.29 is 0 Å². The van der Waals surface area contributed by atoms with E-state index in [0.29, 0.717) is 11.8 Å². The van der Waals surface area contributed by atoms with E-state index in [0.717, 1.165) is 17.1 Å². The van der Waals surface area contributed by atoms with E-state index in [9.17, 15) is 0 Å². The molecule has 1 aliphatic carbocycles. The van der Waals surface area contributed by atoms with Crippen molar-refractivity contribution in [3.63, 3.8) is 0 Å². The third-order valence-electron chi connectivity index (χ3n) is 3.63. The van der Waals surface area contributed by atoms with Crippen molar-refractivity contribution >= 4 is 11.6 Å². The molecule has 1 aliphatic rings. The molecule has 0 aliphatic heterocycles. The first kappa shape index (κ1) is 13.6. The lowest BCUT2D eigenvalue weighted by Crippen LogP contribution is -2.16. The normalized spacial score (nSPS) is 15.6. The summed E-state index contributed by atoms with van der Waals surface area (Å²) in [5.41, 5.74) is 3.32. The van der Waals surface area contributed by atoms with Crippen LogP contribution in [0.15, 0.2) is 24.4 Å². The highest BCUT2D eigenvalue weighted by Gasteiger charge is 2.26. The van der Waals surface area contributed by atoms with Gasteiger partial charge in [0.05, 0.1) is 5.69 Å². The number of nitrogens with zero attached hydrogens (tertiary/aromatic N) is 3. The molecule has 0 bridgehead atoms. The minimum Gasteiger partial charge on any atom is -0.233 e. The molecule has 3 nitrogen and oxygen atoms in total. The fourth-order valence-corrected chi connectivity index (χ4v) is 2.37. The molecular weight excluding hydrogens is 270 g/mol. The summed E-state index contributed by atoms with van der Waals surface area (Å²) in [5, 5.41) is 4.65. The molecule has 1 fully saturated rings. The minimum atomic E-state index is 0.00327. The van der Waals surface area contributed by atoms with Gasteiger partial charge < -0.3 is 0 Å². The molecule has 0 N–H and O–H groups in total. The van der Waals surface area contributed by atoms with Gasteiger partial charge in [0, 0.05) is 29.1 Å². The van der Waals surface area contributed by atoms with Gasteiger partial charge >= 0.3 is 0 Å². The quantitative estimate of drug-likeness (QED) is 0.794. The maximum Gasteiger partial charge on any atom is 0.153 e. The predicted octanol–water partition coefficient (Wildman–Crippen LogP) is 4.18. The molecule has 0 amide bonds. The molecule has 2 aromatic heterocycles. The number of alkyl halides is 1. The molecule has 0 radical (unpaired) electrons. The van der Waals surface area contributed by atoms with Crippen LogP contribution >= 0.6 is 11.6 Å². The van der Waals surface area contributed by atoms with Crippen LogP contribution in [0.2, 0.25) is 0 Å². The van der Waals surface area contributed by atoms with Crippen molar-refractivity contribution in [3.8, 4) is 5.82 Å². The van der Waals surface area contributed by atoms with E-state index in [1.165, 1.54) is 18.5 Å². The zero-order valence-electron chi connectivity index (χ0n) is 12.2. The average molecular weight is 290 g/mol. The minimum absolute atomic E-state index is 0.00327. The van der Waals surface area contributed by atoms with Crippen molar-refractivity contribution in [3.05, 3.63) is 41.3 Å². The topological polar surface area (TPSA) is 30.7 Å². The second-order valence-electron chi connectivity index (χ2n) is 6.56. The third kappa shape index (κ3) is 2.73. The van der Waals surface area contributed by atoms with Crippen LogP contribution < -0.4 is 0 Å². The Morgan fingerprint density at radius 2 is 2.05 bits per heavy atom. The van der Waals surface area contributed by atoms with Crippen LogP contribution in [0.4, 0.5) is 0 Å². The molecule has 0 unspecified atom stereocenters. The molecule has 3 rings (SSSR count). The predicted molar refractivity (Wildman–Crippen MR) is 81.6 cm³/mol. The first-order valence-corrected chi connectivity index (χ1v) is 7.64. The monoisotopic (exact) mass is 289 g/mol. The molecule has 2 aromatic rings. The maximum absolute atomic E-state index is 6.02. The molecule has 1 saturated carbocycles. The number of halogens is 1. The van der Waals surface area contributed by atoms with E-state index in [4.69, 9.17) is 16.6 Å². The third-order valence-corrected chi connectivity index (χ3v) is 3.94. The van der Waals surface area contributed by atoms with Crippen molar-refractivity contribution in [1.82, 2.24) is 14.8 Å². The summed E-state index contributed by atoms with van der Waals surface area (Å²) in [6.45, 7) is 6.49. The van der Waals surface area contributed by atoms with E-state index in [2.05, 4.69) is 38.0 Å². The van der Waals surface area contributed by atoms with Gasteiger partial charge in [-0.05, 0) is 36.6 Å². The maximum atomic E-state index is 6.02. The highest BCUT2D eigenvalue weighted by molar-refractivity contribution is 6.17. The highest BCUT2D eigenvalue weighted by atomic mass is 35.5. The Morgan fingerprint density at radius 3 is 2.65 bits per heavy atom. The van der Waals surface area contributed by atoms with E-state index in [-0.39, 0.29) is 5.41 Å². The van der Waals surface area contributed by atoms with Gasteiger partial charge in [-0.3, -0.25) is 0 Å². The summed E-state index contributed by atoms with van der Waals surface area (Å²) in [6, 6.07) is 6.21. The van der Waals surface area contributed by atoms with Crippen LogP contribution in [0.1, 0.15) is 56.5 Å². The Hall–Kier alpha value is -1.35. The SMILES string of the molecule is CC(C)(C)c1cc(CCl)cc(-n2ccc(C3CC3)n2)n1. The molecule has 0 aromatic carbocycles. The van der Waals surface area contributed by atoms with Gasteiger partial charge in [-0.15, -0.1) is 11.6 Å². The van der Waals surface area contributed by atoms with Gasteiger partial charge in [-0.2, -0.15) is 5.10 Å². The molecule has 4 heteroatoms. The molecule has 0 saturated heterocycles. The van der Waals surface area contributed by atoms with Crippen molar-refractivity contribution in [1.29, 1.82) is 0 Å². The van der Waals surface area contributed by atoms with Gasteiger partial charge in [-0.1, -0.05) is 20.8 Å². The Labute approximate surface area is 125 Å². The van der Waals surface area contributed by atoms with E-state index >= 15 is 0 Å². The van der Waals surface area contributed by atoms with Gasteiger partial charge in [0.15, 0.2) is 5.82 Å². The smallest absolute Gasteiger partial charge is 0.153 e. The molecular formula is C16H20ClN3. The van der Waals surface area contributed by atoms with Crippen LogP contribution in [-0.2, 0) is 11.3 Å². The van der Waals surface area contributed by atoms with Gasteiger partial charge in [0.2, 0.25) is 0 Å². The Morgan fingerprint density at radius 1 is 1.30 bits per heavy atom. The number of rotatable bonds is 3. The number of aromatic nitrogens is 3. The molecule has 20 heavy (non-hydrogen) atoms. The lowest BCUT2D eigenvalue weighted by atomic mass is 9.91. The average Bonchev–Trinajstić information content (AvgIpc) is 3.15. The lowest BCUT2D eigenvalue weighted by molar-refractivity contribution is 0.565. The molecule has 0 atom stereocenters. The van der Waals surface area contributed by atoms with Crippen LogP contribution in [0.5, 0.6) is 0 Å². The zero-order chi connectivity index (χ0) is 14.3. The van der Waals surface area contributed by atoms with Crippen LogP contribution in [-0.4, -0.2) is 14.8 Å². The summed E-state index contributed by atoms with van der Waals surface area (Å²) in [5.74, 6) is 2.02. The largest absolute Gasteiger partial charge is 0.233 e. The lowest BCUT2D eigenvalue weighted by Gasteiger charge is -2.19. The first-order chi connectivity index (χ1) is 9.47. The number of hydrogen-bond acceptors (Lipinski definition) is 2. The summed E-state index contributed by atoms with van der Waals surface area (Å²) in [6.07, 6.45) is 4.53. The van der Waals surface area contributed by atoms with Crippen molar-refractivity contribution in [2.75, 3.05) is 0 Å².